The van der Waals surface area contributed by atoms with Gasteiger partial charge >= 0.3 is 0 Å². The summed E-state index contributed by atoms with van der Waals surface area (Å²) in [4.78, 5) is 12.0. The van der Waals surface area contributed by atoms with E-state index >= 15 is 0 Å². The molecular formula is C15H30N2O. The number of carbonyl (C=O) groups excluding carboxylic acids is 1. The lowest BCUT2D eigenvalue weighted by atomic mass is 9.99. The molecule has 3 heteroatoms. The van der Waals surface area contributed by atoms with E-state index in [1.54, 1.807) is 0 Å². The van der Waals surface area contributed by atoms with E-state index in [0.717, 1.165) is 18.8 Å². The van der Waals surface area contributed by atoms with Crippen LogP contribution in [0.3, 0.4) is 0 Å². The molecule has 0 saturated heterocycles. The maximum atomic E-state index is 12.0. The number of hydrogen-bond donors (Lipinski definition) is 2. The molecule has 1 unspecified atom stereocenters. The topological polar surface area (TPSA) is 41.1 Å². The van der Waals surface area contributed by atoms with E-state index in [0.29, 0.717) is 12.1 Å². The minimum Gasteiger partial charge on any atom is -0.352 e. The molecular weight excluding hydrogens is 224 g/mol. The fourth-order valence-electron chi connectivity index (χ4n) is 2.88. The van der Waals surface area contributed by atoms with E-state index in [4.69, 9.17) is 0 Å². The molecule has 0 aromatic heterocycles. The van der Waals surface area contributed by atoms with Gasteiger partial charge in [-0.05, 0) is 45.4 Å². The summed E-state index contributed by atoms with van der Waals surface area (Å²) in [5.41, 5.74) is 0. The van der Waals surface area contributed by atoms with Crippen molar-refractivity contribution in [1.29, 1.82) is 0 Å². The normalized spacial score (nSPS) is 20.1. The molecule has 3 nitrogen and oxygen atoms in total. The molecule has 0 spiro atoms. The highest BCUT2D eigenvalue weighted by molar-refractivity contribution is 5.81. The summed E-state index contributed by atoms with van der Waals surface area (Å²) in [5, 5.41) is 6.57. The lowest BCUT2D eigenvalue weighted by Crippen LogP contribution is -2.49. The highest BCUT2D eigenvalue weighted by atomic mass is 16.2. The predicted octanol–water partition coefficient (Wildman–Crippen LogP) is 2.85. The minimum atomic E-state index is -0.0822. The summed E-state index contributed by atoms with van der Waals surface area (Å²) in [6.45, 7) is 8.43. The van der Waals surface area contributed by atoms with E-state index in [-0.39, 0.29) is 11.9 Å². The summed E-state index contributed by atoms with van der Waals surface area (Å²) in [6.07, 6.45) is 7.35. The molecule has 18 heavy (non-hydrogen) atoms. The smallest absolute Gasteiger partial charge is 0.237 e. The van der Waals surface area contributed by atoms with Crippen LogP contribution in [0.1, 0.15) is 66.2 Å². The molecule has 0 aromatic rings. The van der Waals surface area contributed by atoms with Gasteiger partial charge in [-0.1, -0.05) is 26.7 Å². The SMILES string of the molecule is CCC(CC)NC(=O)C(C)N[C@@H](C)C1CCCC1. The molecule has 1 aliphatic carbocycles. The molecule has 1 aliphatic rings. The first-order valence-corrected chi connectivity index (χ1v) is 7.64. The minimum absolute atomic E-state index is 0.0822. The number of hydrogen-bond acceptors (Lipinski definition) is 2. The van der Waals surface area contributed by atoms with Gasteiger partial charge in [0.15, 0.2) is 0 Å². The zero-order chi connectivity index (χ0) is 13.5. The maximum Gasteiger partial charge on any atom is 0.237 e. The Hall–Kier alpha value is -0.570. The molecule has 1 amide bonds. The Labute approximate surface area is 112 Å². The zero-order valence-corrected chi connectivity index (χ0v) is 12.5. The van der Waals surface area contributed by atoms with E-state index in [1.165, 1.54) is 25.7 Å². The van der Waals surface area contributed by atoms with Gasteiger partial charge in [-0.2, -0.15) is 0 Å². The molecule has 0 bridgehead atoms. The van der Waals surface area contributed by atoms with Crippen molar-refractivity contribution < 1.29 is 4.79 Å². The van der Waals surface area contributed by atoms with Crippen molar-refractivity contribution >= 4 is 5.91 Å². The molecule has 0 heterocycles. The van der Waals surface area contributed by atoms with Crippen molar-refractivity contribution in [3.05, 3.63) is 0 Å². The fraction of sp³-hybridized carbons (Fsp3) is 0.933. The second-order valence-electron chi connectivity index (χ2n) is 5.74. The molecule has 0 aliphatic heterocycles. The number of nitrogens with one attached hydrogen (secondary N) is 2. The zero-order valence-electron chi connectivity index (χ0n) is 12.5. The summed E-state index contributed by atoms with van der Waals surface area (Å²) in [6, 6.07) is 0.694. The predicted molar refractivity (Wildman–Crippen MR) is 76.5 cm³/mol. The molecule has 1 saturated carbocycles. The van der Waals surface area contributed by atoms with Crippen LogP contribution < -0.4 is 10.6 Å². The first kappa shape index (κ1) is 15.5. The number of rotatable bonds is 7. The third kappa shape index (κ3) is 4.60. The van der Waals surface area contributed by atoms with Gasteiger partial charge < -0.3 is 10.6 Å². The van der Waals surface area contributed by atoms with Crippen molar-refractivity contribution in [2.45, 2.75) is 84.3 Å². The summed E-state index contributed by atoms with van der Waals surface area (Å²) >= 11 is 0. The quantitative estimate of drug-likeness (QED) is 0.733. The van der Waals surface area contributed by atoms with Crippen molar-refractivity contribution in [2.75, 3.05) is 0 Å². The largest absolute Gasteiger partial charge is 0.352 e. The molecule has 0 radical (unpaired) electrons. The summed E-state index contributed by atoms with van der Waals surface area (Å²) in [7, 11) is 0. The van der Waals surface area contributed by atoms with Crippen LogP contribution in [0.25, 0.3) is 0 Å². The van der Waals surface area contributed by atoms with Gasteiger partial charge in [-0.3, -0.25) is 4.79 Å². The number of carbonyl (C=O) groups is 1. The van der Waals surface area contributed by atoms with Gasteiger partial charge in [-0.25, -0.2) is 0 Å². The lowest BCUT2D eigenvalue weighted by Gasteiger charge is -2.25. The molecule has 2 atom stereocenters. The van der Waals surface area contributed by atoms with Gasteiger partial charge in [0.25, 0.3) is 0 Å². The monoisotopic (exact) mass is 254 g/mol. The second-order valence-corrected chi connectivity index (χ2v) is 5.74. The van der Waals surface area contributed by atoms with Crippen molar-refractivity contribution in [3.63, 3.8) is 0 Å². The van der Waals surface area contributed by atoms with E-state index < -0.39 is 0 Å². The van der Waals surface area contributed by atoms with Crippen LogP contribution in [0, 0.1) is 5.92 Å². The van der Waals surface area contributed by atoms with Crippen molar-refractivity contribution in [2.24, 2.45) is 5.92 Å². The fourth-order valence-corrected chi connectivity index (χ4v) is 2.88. The third-order valence-electron chi connectivity index (χ3n) is 4.35. The van der Waals surface area contributed by atoms with Gasteiger partial charge in [0.2, 0.25) is 5.91 Å². The van der Waals surface area contributed by atoms with Crippen LogP contribution in [-0.4, -0.2) is 24.0 Å². The Morgan fingerprint density at radius 3 is 2.22 bits per heavy atom. The second kappa shape index (κ2) is 7.78. The van der Waals surface area contributed by atoms with Gasteiger partial charge in [0.05, 0.1) is 6.04 Å². The summed E-state index contributed by atoms with van der Waals surface area (Å²) in [5.74, 6) is 0.905. The first-order chi connectivity index (χ1) is 8.58. The highest BCUT2D eigenvalue weighted by Crippen LogP contribution is 2.27. The van der Waals surface area contributed by atoms with E-state index in [9.17, 15) is 4.79 Å². The first-order valence-electron chi connectivity index (χ1n) is 7.64. The third-order valence-corrected chi connectivity index (χ3v) is 4.35. The molecule has 1 rings (SSSR count). The van der Waals surface area contributed by atoms with E-state index in [1.807, 2.05) is 6.92 Å². The standard InChI is InChI=1S/C15H30N2O/c1-5-14(6-2)17-15(18)12(4)16-11(3)13-9-7-8-10-13/h11-14,16H,5-10H2,1-4H3,(H,17,18)/t11-,12?/m0/s1. The highest BCUT2D eigenvalue weighted by Gasteiger charge is 2.24. The molecule has 2 N–H and O–H groups in total. The molecule has 0 aromatic carbocycles. The van der Waals surface area contributed by atoms with Gasteiger partial charge in [0.1, 0.15) is 0 Å². The number of amides is 1. The van der Waals surface area contributed by atoms with Crippen LogP contribution in [0.2, 0.25) is 0 Å². The average Bonchev–Trinajstić information content (AvgIpc) is 2.89. The Kier molecular flexibility index (Phi) is 6.69. The Balaban J connectivity index is 2.34. The van der Waals surface area contributed by atoms with Gasteiger partial charge in [-0.15, -0.1) is 0 Å². The van der Waals surface area contributed by atoms with Crippen LogP contribution in [0.15, 0.2) is 0 Å². The maximum absolute atomic E-state index is 12.0. The van der Waals surface area contributed by atoms with Crippen LogP contribution in [-0.2, 0) is 4.79 Å². The molecule has 1 fully saturated rings. The van der Waals surface area contributed by atoms with Crippen molar-refractivity contribution in [3.8, 4) is 0 Å². The van der Waals surface area contributed by atoms with E-state index in [2.05, 4.69) is 31.4 Å². The van der Waals surface area contributed by atoms with Gasteiger partial charge in [0, 0.05) is 12.1 Å². The van der Waals surface area contributed by atoms with Crippen LogP contribution >= 0.6 is 0 Å². The Morgan fingerprint density at radius 2 is 1.72 bits per heavy atom. The lowest BCUT2D eigenvalue weighted by molar-refractivity contribution is -0.123. The Bertz CT molecular complexity index is 245. The molecule has 106 valence electrons. The average molecular weight is 254 g/mol. The van der Waals surface area contributed by atoms with Crippen molar-refractivity contribution in [1.82, 2.24) is 10.6 Å². The van der Waals surface area contributed by atoms with Crippen LogP contribution in [0.5, 0.6) is 0 Å². The van der Waals surface area contributed by atoms with Crippen LogP contribution in [0.4, 0.5) is 0 Å². The Morgan fingerprint density at radius 1 is 1.17 bits per heavy atom. The summed E-state index contributed by atoms with van der Waals surface area (Å²) < 4.78 is 0.